The molecule has 3 heterocycles. The molecular formula is C21H25F3N4O2. The van der Waals surface area contributed by atoms with Crippen LogP contribution in [0.25, 0.3) is 5.69 Å². The molecule has 0 spiro atoms. The van der Waals surface area contributed by atoms with E-state index >= 15 is 0 Å². The molecule has 1 aromatic carbocycles. The molecule has 1 fully saturated rings. The maximum Gasteiger partial charge on any atom is 0.435 e. The molecule has 0 radical (unpaired) electrons. The van der Waals surface area contributed by atoms with Crippen LogP contribution in [0, 0.1) is 0 Å². The van der Waals surface area contributed by atoms with E-state index in [0.29, 0.717) is 18.0 Å². The number of halogens is 3. The molecular weight excluding hydrogens is 397 g/mol. The topological polar surface area (TPSA) is 50.6 Å². The lowest BCUT2D eigenvalue weighted by Gasteiger charge is -2.28. The molecule has 2 aromatic rings. The summed E-state index contributed by atoms with van der Waals surface area (Å²) in [6.45, 7) is 3.88. The van der Waals surface area contributed by atoms with E-state index in [-0.39, 0.29) is 24.2 Å². The number of amides is 1. The average Bonchev–Trinajstić information content (AvgIpc) is 3.37. The molecule has 0 atom stereocenters. The van der Waals surface area contributed by atoms with E-state index in [4.69, 9.17) is 4.74 Å². The van der Waals surface area contributed by atoms with E-state index in [1.807, 2.05) is 0 Å². The second-order valence-electron chi connectivity index (χ2n) is 7.73. The summed E-state index contributed by atoms with van der Waals surface area (Å²) in [5, 5.41) is 3.81. The van der Waals surface area contributed by atoms with Crippen LogP contribution >= 0.6 is 0 Å². The fourth-order valence-corrected chi connectivity index (χ4v) is 4.25. The molecule has 2 aliphatic rings. The van der Waals surface area contributed by atoms with E-state index in [0.717, 1.165) is 30.7 Å². The number of benzene rings is 1. The zero-order chi connectivity index (χ0) is 21.3. The molecule has 30 heavy (non-hydrogen) atoms. The van der Waals surface area contributed by atoms with E-state index < -0.39 is 17.8 Å². The van der Waals surface area contributed by atoms with E-state index in [1.165, 1.54) is 20.0 Å². The fraction of sp³-hybridized carbons (Fsp3) is 0.524. The van der Waals surface area contributed by atoms with Crippen molar-refractivity contribution in [1.82, 2.24) is 19.6 Å². The van der Waals surface area contributed by atoms with Crippen LogP contribution in [-0.4, -0.2) is 65.3 Å². The third-order valence-corrected chi connectivity index (χ3v) is 5.79. The number of alkyl halides is 3. The Hall–Kier alpha value is -2.55. The lowest BCUT2D eigenvalue weighted by molar-refractivity contribution is -0.142. The Morgan fingerprint density at radius 1 is 1.07 bits per heavy atom. The van der Waals surface area contributed by atoms with Crippen LogP contribution in [0.1, 0.15) is 41.0 Å². The number of methoxy groups -OCH3 is 1. The van der Waals surface area contributed by atoms with Crippen LogP contribution in [0.5, 0.6) is 5.75 Å². The van der Waals surface area contributed by atoms with E-state index in [1.54, 1.807) is 29.2 Å². The van der Waals surface area contributed by atoms with Gasteiger partial charge >= 0.3 is 6.18 Å². The zero-order valence-corrected chi connectivity index (χ0v) is 16.9. The van der Waals surface area contributed by atoms with Gasteiger partial charge in [0.2, 0.25) is 0 Å². The standard InChI is InChI=1S/C21H25F3N4O2/c1-30-16-7-5-15(6-8-16)28-18-17(19(25-28)21(22,23)24)9-14-27(20(18)29)13-4-12-26-10-2-3-11-26/h5-8H,2-4,9-14H2,1H3. The Kier molecular flexibility index (Phi) is 5.73. The summed E-state index contributed by atoms with van der Waals surface area (Å²) >= 11 is 0. The minimum atomic E-state index is -4.61. The summed E-state index contributed by atoms with van der Waals surface area (Å²) < 4.78 is 47.0. The van der Waals surface area contributed by atoms with Gasteiger partial charge in [-0.05, 0) is 69.6 Å². The number of likely N-dealkylation sites (tertiary alicyclic amines) is 1. The van der Waals surface area contributed by atoms with E-state index in [9.17, 15) is 18.0 Å². The van der Waals surface area contributed by atoms with Crippen LogP contribution in [0.4, 0.5) is 13.2 Å². The van der Waals surface area contributed by atoms with Crippen molar-refractivity contribution in [3.05, 3.63) is 41.2 Å². The molecule has 1 aromatic heterocycles. The molecule has 0 saturated carbocycles. The molecule has 4 rings (SSSR count). The summed E-state index contributed by atoms with van der Waals surface area (Å²) in [4.78, 5) is 17.2. The van der Waals surface area contributed by atoms with Crippen molar-refractivity contribution < 1.29 is 22.7 Å². The largest absolute Gasteiger partial charge is 0.497 e. The third kappa shape index (κ3) is 4.03. The summed E-state index contributed by atoms with van der Waals surface area (Å²) in [6, 6.07) is 6.48. The van der Waals surface area contributed by atoms with Crippen LogP contribution < -0.4 is 4.74 Å². The minimum Gasteiger partial charge on any atom is -0.497 e. The Morgan fingerprint density at radius 3 is 2.40 bits per heavy atom. The van der Waals surface area contributed by atoms with Gasteiger partial charge in [0.05, 0.1) is 12.8 Å². The predicted octanol–water partition coefficient (Wildman–Crippen LogP) is 3.38. The summed E-state index contributed by atoms with van der Waals surface area (Å²) in [5.74, 6) is 0.183. The quantitative estimate of drug-likeness (QED) is 0.716. The Morgan fingerprint density at radius 2 is 1.77 bits per heavy atom. The number of carbonyl (C=O) groups is 1. The van der Waals surface area contributed by atoms with Gasteiger partial charge in [-0.3, -0.25) is 4.79 Å². The zero-order valence-electron chi connectivity index (χ0n) is 16.9. The number of rotatable bonds is 6. The van der Waals surface area contributed by atoms with Crippen LogP contribution in [0.3, 0.4) is 0 Å². The van der Waals surface area contributed by atoms with Crippen LogP contribution in [-0.2, 0) is 12.6 Å². The van der Waals surface area contributed by atoms with Gasteiger partial charge in [-0.1, -0.05) is 0 Å². The molecule has 0 bridgehead atoms. The molecule has 162 valence electrons. The Bertz CT molecular complexity index is 902. The van der Waals surface area contributed by atoms with Crippen molar-refractivity contribution in [2.24, 2.45) is 0 Å². The highest BCUT2D eigenvalue weighted by atomic mass is 19.4. The predicted molar refractivity (Wildman–Crippen MR) is 105 cm³/mol. The molecule has 2 aliphatic heterocycles. The van der Waals surface area contributed by atoms with Crippen molar-refractivity contribution >= 4 is 5.91 Å². The number of carbonyl (C=O) groups excluding carboxylic acids is 1. The molecule has 0 unspecified atom stereocenters. The number of fused-ring (bicyclic) bond motifs is 1. The molecule has 1 saturated heterocycles. The first kappa shape index (κ1) is 20.7. The summed E-state index contributed by atoms with van der Waals surface area (Å²) in [5.41, 5.74) is -0.577. The van der Waals surface area contributed by atoms with Gasteiger partial charge in [0.1, 0.15) is 11.4 Å². The number of aromatic nitrogens is 2. The SMILES string of the molecule is COc1ccc(-n2nc(C(F)(F)F)c3c2C(=O)N(CCCN2CCCC2)CC3)cc1. The van der Waals surface area contributed by atoms with Gasteiger partial charge in [-0.25, -0.2) is 4.68 Å². The van der Waals surface area contributed by atoms with Gasteiger partial charge in [-0.15, -0.1) is 0 Å². The number of nitrogens with zero attached hydrogens (tertiary/aromatic N) is 4. The van der Waals surface area contributed by atoms with Gasteiger partial charge in [0.15, 0.2) is 5.69 Å². The lowest BCUT2D eigenvalue weighted by atomic mass is 10.0. The minimum absolute atomic E-state index is 0.0138. The fourth-order valence-electron chi connectivity index (χ4n) is 4.25. The third-order valence-electron chi connectivity index (χ3n) is 5.79. The monoisotopic (exact) mass is 422 g/mol. The smallest absolute Gasteiger partial charge is 0.435 e. The Labute approximate surface area is 173 Å². The van der Waals surface area contributed by atoms with Gasteiger partial charge in [-0.2, -0.15) is 18.3 Å². The van der Waals surface area contributed by atoms with Crippen molar-refractivity contribution in [3.63, 3.8) is 0 Å². The van der Waals surface area contributed by atoms with Crippen LogP contribution in [0.15, 0.2) is 24.3 Å². The molecule has 0 aliphatic carbocycles. The maximum atomic E-state index is 13.6. The second-order valence-corrected chi connectivity index (χ2v) is 7.73. The summed E-state index contributed by atoms with van der Waals surface area (Å²) in [7, 11) is 1.51. The molecule has 6 nitrogen and oxygen atoms in total. The number of hydrogen-bond donors (Lipinski definition) is 0. The van der Waals surface area contributed by atoms with E-state index in [2.05, 4.69) is 10.00 Å². The highest BCUT2D eigenvalue weighted by Crippen LogP contribution is 2.36. The molecule has 1 amide bonds. The lowest BCUT2D eigenvalue weighted by Crippen LogP contribution is -2.40. The van der Waals surface area contributed by atoms with Gasteiger partial charge in [0, 0.05) is 18.7 Å². The average molecular weight is 422 g/mol. The first-order chi connectivity index (χ1) is 14.4. The van der Waals surface area contributed by atoms with Crippen molar-refractivity contribution in [2.75, 3.05) is 39.8 Å². The molecule has 0 N–H and O–H groups in total. The normalized spacial score (nSPS) is 17.5. The Balaban J connectivity index is 1.61. The maximum absolute atomic E-state index is 13.6. The van der Waals surface area contributed by atoms with Crippen molar-refractivity contribution in [3.8, 4) is 11.4 Å². The summed E-state index contributed by atoms with van der Waals surface area (Å²) in [6.07, 6.45) is -1.25. The van der Waals surface area contributed by atoms with Crippen molar-refractivity contribution in [1.29, 1.82) is 0 Å². The number of ether oxygens (including phenoxy) is 1. The first-order valence-corrected chi connectivity index (χ1v) is 10.2. The van der Waals surface area contributed by atoms with Gasteiger partial charge in [0.25, 0.3) is 5.91 Å². The first-order valence-electron chi connectivity index (χ1n) is 10.2. The highest BCUT2D eigenvalue weighted by Gasteiger charge is 2.43. The van der Waals surface area contributed by atoms with Crippen LogP contribution in [0.2, 0.25) is 0 Å². The number of hydrogen-bond acceptors (Lipinski definition) is 4. The highest BCUT2D eigenvalue weighted by molar-refractivity contribution is 5.96. The second kappa shape index (κ2) is 8.29. The van der Waals surface area contributed by atoms with Gasteiger partial charge < -0.3 is 14.5 Å². The van der Waals surface area contributed by atoms with Crippen molar-refractivity contribution in [2.45, 2.75) is 31.9 Å². The molecule has 9 heteroatoms.